The summed E-state index contributed by atoms with van der Waals surface area (Å²) >= 11 is 3.09. The van der Waals surface area contributed by atoms with Crippen molar-refractivity contribution in [3.8, 4) is 0 Å². The summed E-state index contributed by atoms with van der Waals surface area (Å²) in [7, 11) is 0. The second kappa shape index (κ2) is 6.92. The predicted molar refractivity (Wildman–Crippen MR) is 107 cm³/mol. The van der Waals surface area contributed by atoms with Crippen molar-refractivity contribution in [1.29, 1.82) is 0 Å². The van der Waals surface area contributed by atoms with E-state index in [1.807, 2.05) is 12.1 Å². The summed E-state index contributed by atoms with van der Waals surface area (Å²) in [6.45, 7) is 2.65. The van der Waals surface area contributed by atoms with E-state index in [1.54, 1.807) is 18.0 Å². The first-order valence-corrected chi connectivity index (χ1v) is 11.6. The maximum Gasteiger partial charge on any atom is 0.206 e. The highest BCUT2D eigenvalue weighted by atomic mass is 32.2. The van der Waals surface area contributed by atoms with Crippen LogP contribution >= 0.6 is 23.1 Å². The maximum absolute atomic E-state index is 13.4. The minimum atomic E-state index is -0.0490. The highest BCUT2D eigenvalue weighted by molar-refractivity contribution is 8.02. The van der Waals surface area contributed by atoms with Crippen LogP contribution in [-0.2, 0) is 11.3 Å². The molecule has 0 saturated heterocycles. The third kappa shape index (κ3) is 3.44. The smallest absolute Gasteiger partial charge is 0.206 e. The quantitative estimate of drug-likeness (QED) is 0.656. The van der Waals surface area contributed by atoms with Gasteiger partial charge in [0, 0.05) is 5.41 Å². The highest BCUT2D eigenvalue weighted by Crippen LogP contribution is 2.61. The molecule has 0 spiro atoms. The summed E-state index contributed by atoms with van der Waals surface area (Å²) in [5.41, 5.74) is -0.0355. The van der Waals surface area contributed by atoms with Crippen molar-refractivity contribution in [2.75, 3.05) is 5.32 Å². The van der Waals surface area contributed by atoms with Gasteiger partial charge in [-0.25, -0.2) is 0 Å². The number of anilines is 1. The number of rotatable bonds is 7. The molecule has 0 aromatic carbocycles. The Labute approximate surface area is 167 Å². The van der Waals surface area contributed by atoms with Crippen LogP contribution in [0, 0.1) is 23.2 Å². The third-order valence-electron chi connectivity index (χ3n) is 6.61. The first kappa shape index (κ1) is 17.7. The molecule has 2 heterocycles. The molecule has 4 aliphatic rings. The standard InChI is InChI=1S/C20H25N3O2S2/c1-12(17(24)20-8-13-5-14(9-20)7-15(6-13)10-20)26-19-23-22-18(27-19)21-11-16-3-2-4-25-16/h2-4,12-15H,5-11H2,1H3,(H,21,22). The average molecular weight is 404 g/mol. The summed E-state index contributed by atoms with van der Waals surface area (Å²) < 4.78 is 6.18. The molecule has 7 heteroatoms. The number of ketones is 1. The van der Waals surface area contributed by atoms with E-state index in [1.165, 1.54) is 30.6 Å². The molecule has 5 nitrogen and oxygen atoms in total. The van der Waals surface area contributed by atoms with E-state index < -0.39 is 0 Å². The van der Waals surface area contributed by atoms with Crippen molar-refractivity contribution in [3.05, 3.63) is 24.2 Å². The Morgan fingerprint density at radius 2 is 2.00 bits per heavy atom. The normalized spacial score (nSPS) is 32.6. The number of hydrogen-bond acceptors (Lipinski definition) is 7. The number of carbonyl (C=O) groups is 1. The molecule has 1 N–H and O–H groups in total. The number of thioether (sulfide) groups is 1. The SMILES string of the molecule is CC(Sc1nnc(NCc2ccco2)s1)C(=O)C12CC3CC(CC(C3)C1)C2. The van der Waals surface area contributed by atoms with E-state index in [0.717, 1.165) is 52.2 Å². The van der Waals surface area contributed by atoms with Gasteiger partial charge in [0.2, 0.25) is 5.13 Å². The van der Waals surface area contributed by atoms with Crippen molar-refractivity contribution in [2.24, 2.45) is 23.2 Å². The molecule has 0 aliphatic heterocycles. The number of aromatic nitrogens is 2. The Morgan fingerprint density at radius 3 is 2.63 bits per heavy atom. The molecule has 2 aromatic rings. The third-order valence-corrected chi connectivity index (χ3v) is 8.67. The zero-order valence-corrected chi connectivity index (χ0v) is 17.2. The van der Waals surface area contributed by atoms with Crippen LogP contribution in [0.25, 0.3) is 0 Å². The summed E-state index contributed by atoms with van der Waals surface area (Å²) in [5.74, 6) is 3.74. The lowest BCUT2D eigenvalue weighted by atomic mass is 9.48. The monoisotopic (exact) mass is 403 g/mol. The lowest BCUT2D eigenvalue weighted by Crippen LogP contribution is -2.51. The summed E-state index contributed by atoms with van der Waals surface area (Å²) in [5, 5.41) is 12.4. The van der Waals surface area contributed by atoms with E-state index in [2.05, 4.69) is 22.4 Å². The minimum Gasteiger partial charge on any atom is -0.467 e. The number of carbonyl (C=O) groups excluding carboxylic acids is 1. The minimum absolute atomic E-state index is 0.0355. The molecule has 4 bridgehead atoms. The topological polar surface area (TPSA) is 68.0 Å². The first-order chi connectivity index (χ1) is 13.1. The Kier molecular flexibility index (Phi) is 4.55. The second-order valence-electron chi connectivity index (χ2n) is 8.63. The van der Waals surface area contributed by atoms with Gasteiger partial charge in [-0.2, -0.15) is 0 Å². The summed E-state index contributed by atoms with van der Waals surface area (Å²) in [6.07, 6.45) is 9.17. The van der Waals surface area contributed by atoms with Crippen LogP contribution in [0.15, 0.2) is 27.2 Å². The molecule has 0 amide bonds. The molecular weight excluding hydrogens is 378 g/mol. The number of furan rings is 1. The molecule has 2 aromatic heterocycles. The van der Waals surface area contributed by atoms with Gasteiger partial charge in [-0.3, -0.25) is 4.79 Å². The largest absolute Gasteiger partial charge is 0.467 e. The molecule has 4 aliphatic carbocycles. The molecule has 4 saturated carbocycles. The van der Waals surface area contributed by atoms with Gasteiger partial charge in [-0.15, -0.1) is 10.2 Å². The fraction of sp³-hybridized carbons (Fsp3) is 0.650. The lowest BCUT2D eigenvalue weighted by molar-refractivity contribution is -0.142. The number of nitrogens with one attached hydrogen (secondary N) is 1. The number of nitrogens with zero attached hydrogens (tertiary/aromatic N) is 2. The molecule has 1 atom stereocenters. The van der Waals surface area contributed by atoms with Crippen molar-refractivity contribution in [2.45, 2.75) is 61.6 Å². The lowest BCUT2D eigenvalue weighted by Gasteiger charge is -2.56. The van der Waals surface area contributed by atoms with Crippen molar-refractivity contribution < 1.29 is 9.21 Å². The molecule has 1 unspecified atom stereocenters. The van der Waals surface area contributed by atoms with Gasteiger partial charge < -0.3 is 9.73 Å². The molecule has 144 valence electrons. The van der Waals surface area contributed by atoms with Crippen LogP contribution in [0.5, 0.6) is 0 Å². The Morgan fingerprint density at radius 1 is 1.30 bits per heavy atom. The molecule has 0 radical (unpaired) electrons. The molecule has 6 rings (SSSR count). The van der Waals surface area contributed by atoms with Crippen LogP contribution in [0.3, 0.4) is 0 Å². The zero-order valence-electron chi connectivity index (χ0n) is 15.5. The highest BCUT2D eigenvalue weighted by Gasteiger charge is 2.55. The van der Waals surface area contributed by atoms with Gasteiger partial charge in [-0.1, -0.05) is 23.1 Å². The van der Waals surface area contributed by atoms with Crippen LogP contribution < -0.4 is 5.32 Å². The van der Waals surface area contributed by atoms with Crippen molar-refractivity contribution >= 4 is 34.0 Å². The summed E-state index contributed by atoms with van der Waals surface area (Å²) in [4.78, 5) is 13.4. The molecular formula is C20H25N3O2S2. The van der Waals surface area contributed by atoms with Gasteiger partial charge >= 0.3 is 0 Å². The van der Waals surface area contributed by atoms with Gasteiger partial charge in [-0.05, 0) is 75.3 Å². The Hall–Kier alpha value is -1.34. The van der Waals surface area contributed by atoms with E-state index in [9.17, 15) is 4.79 Å². The van der Waals surface area contributed by atoms with E-state index in [-0.39, 0.29) is 10.7 Å². The first-order valence-electron chi connectivity index (χ1n) is 9.90. The number of hydrogen-bond donors (Lipinski definition) is 1. The van der Waals surface area contributed by atoms with Crippen molar-refractivity contribution in [1.82, 2.24) is 10.2 Å². The predicted octanol–water partition coefficient (Wildman–Crippen LogP) is 5.01. The Balaban J connectivity index is 1.22. The molecule has 4 fully saturated rings. The fourth-order valence-corrected chi connectivity index (χ4v) is 8.04. The van der Waals surface area contributed by atoms with Gasteiger partial charge in [0.15, 0.2) is 10.1 Å². The van der Waals surface area contributed by atoms with Gasteiger partial charge in [0.05, 0.1) is 18.1 Å². The van der Waals surface area contributed by atoms with Crippen LogP contribution in [0.4, 0.5) is 5.13 Å². The fourth-order valence-electron chi connectivity index (χ4n) is 5.95. The van der Waals surface area contributed by atoms with Crippen LogP contribution in [0.1, 0.15) is 51.2 Å². The number of Topliss-reactive ketones (excluding diaryl/α,β-unsaturated/α-hetero) is 1. The maximum atomic E-state index is 13.4. The summed E-state index contributed by atoms with van der Waals surface area (Å²) in [6, 6.07) is 3.80. The van der Waals surface area contributed by atoms with Crippen LogP contribution in [0.2, 0.25) is 0 Å². The van der Waals surface area contributed by atoms with Gasteiger partial charge in [0.1, 0.15) is 5.76 Å². The van der Waals surface area contributed by atoms with Gasteiger partial charge in [0.25, 0.3) is 0 Å². The van der Waals surface area contributed by atoms with Crippen molar-refractivity contribution in [3.63, 3.8) is 0 Å². The van der Waals surface area contributed by atoms with Crippen LogP contribution in [-0.4, -0.2) is 21.2 Å². The Bertz CT molecular complexity index is 782. The van der Waals surface area contributed by atoms with E-state index in [0.29, 0.717) is 12.3 Å². The van der Waals surface area contributed by atoms with E-state index in [4.69, 9.17) is 4.42 Å². The molecule has 27 heavy (non-hydrogen) atoms. The van der Waals surface area contributed by atoms with E-state index >= 15 is 0 Å². The average Bonchev–Trinajstić information content (AvgIpc) is 3.29. The second-order valence-corrected chi connectivity index (χ2v) is 11.2. The zero-order chi connectivity index (χ0) is 18.4.